The number of likely N-dealkylation sites (tertiary alicyclic amines) is 1. The van der Waals surface area contributed by atoms with E-state index < -0.39 is 0 Å². The fourth-order valence-electron chi connectivity index (χ4n) is 1.97. The number of rotatable bonds is 5. The molecule has 14 heavy (non-hydrogen) atoms. The van der Waals surface area contributed by atoms with E-state index in [0.717, 1.165) is 39.0 Å². The second-order valence-corrected chi connectivity index (χ2v) is 4.06. The lowest BCUT2D eigenvalue weighted by Gasteiger charge is -2.31. The Balaban J connectivity index is 2.14. The Hall–Kier alpha value is -0.610. The average Bonchev–Trinajstić information content (AvgIpc) is 2.16. The molecular weight excluding hydrogens is 178 g/mol. The summed E-state index contributed by atoms with van der Waals surface area (Å²) in [5, 5.41) is 3.14. The lowest BCUT2D eigenvalue weighted by molar-refractivity contribution is -0.119. The largest absolute Gasteiger partial charge is 0.370 e. The standard InChI is InChI=1S/C10H21N3O/c1-12-4-7-13-5-2-9(3-6-13)8-10(11)14/h9,12H,2-8H2,1H3,(H2,11,14). The minimum absolute atomic E-state index is 0.154. The van der Waals surface area contributed by atoms with Crippen molar-refractivity contribution in [1.82, 2.24) is 10.2 Å². The van der Waals surface area contributed by atoms with Crippen LogP contribution in [0.4, 0.5) is 0 Å². The summed E-state index contributed by atoms with van der Waals surface area (Å²) in [6.07, 6.45) is 2.80. The molecule has 0 aromatic rings. The number of likely N-dealkylation sites (N-methyl/N-ethyl adjacent to an activating group) is 1. The maximum Gasteiger partial charge on any atom is 0.217 e. The Morgan fingerprint density at radius 1 is 1.50 bits per heavy atom. The minimum Gasteiger partial charge on any atom is -0.370 e. The first-order chi connectivity index (χ1) is 6.72. The lowest BCUT2D eigenvalue weighted by Crippen LogP contribution is -2.38. The summed E-state index contributed by atoms with van der Waals surface area (Å²) in [5.74, 6) is 0.372. The van der Waals surface area contributed by atoms with Gasteiger partial charge < -0.3 is 16.0 Å². The third-order valence-electron chi connectivity index (χ3n) is 2.88. The van der Waals surface area contributed by atoms with Gasteiger partial charge in [0.1, 0.15) is 0 Å². The number of nitrogens with zero attached hydrogens (tertiary/aromatic N) is 1. The monoisotopic (exact) mass is 199 g/mol. The van der Waals surface area contributed by atoms with E-state index in [1.807, 2.05) is 7.05 Å². The first kappa shape index (κ1) is 11.5. The van der Waals surface area contributed by atoms with E-state index in [1.165, 1.54) is 0 Å². The molecule has 0 saturated carbocycles. The number of carbonyl (C=O) groups excluding carboxylic acids is 1. The zero-order valence-electron chi connectivity index (χ0n) is 8.96. The summed E-state index contributed by atoms with van der Waals surface area (Å²) in [4.78, 5) is 13.2. The van der Waals surface area contributed by atoms with E-state index in [2.05, 4.69) is 10.2 Å². The van der Waals surface area contributed by atoms with Gasteiger partial charge in [-0.05, 0) is 38.9 Å². The Kier molecular flexibility index (Phi) is 4.90. The smallest absolute Gasteiger partial charge is 0.217 e. The topological polar surface area (TPSA) is 58.4 Å². The fraction of sp³-hybridized carbons (Fsp3) is 0.900. The second kappa shape index (κ2) is 5.98. The van der Waals surface area contributed by atoms with Crippen LogP contribution in [0.3, 0.4) is 0 Å². The zero-order valence-corrected chi connectivity index (χ0v) is 8.96. The predicted molar refractivity (Wildman–Crippen MR) is 56.9 cm³/mol. The molecule has 0 radical (unpaired) electrons. The van der Waals surface area contributed by atoms with Crippen LogP contribution in [-0.4, -0.2) is 44.0 Å². The van der Waals surface area contributed by atoms with Crippen molar-refractivity contribution in [2.75, 3.05) is 33.2 Å². The van der Waals surface area contributed by atoms with Crippen LogP contribution in [0.5, 0.6) is 0 Å². The van der Waals surface area contributed by atoms with Crippen LogP contribution in [0.15, 0.2) is 0 Å². The van der Waals surface area contributed by atoms with Gasteiger partial charge in [0.15, 0.2) is 0 Å². The van der Waals surface area contributed by atoms with Crippen LogP contribution in [0.2, 0.25) is 0 Å². The molecule has 0 unspecified atom stereocenters. The molecule has 1 aliphatic heterocycles. The zero-order chi connectivity index (χ0) is 10.4. The van der Waals surface area contributed by atoms with Crippen molar-refractivity contribution in [2.45, 2.75) is 19.3 Å². The molecule has 0 atom stereocenters. The van der Waals surface area contributed by atoms with Crippen molar-refractivity contribution in [1.29, 1.82) is 0 Å². The summed E-state index contributed by atoms with van der Waals surface area (Å²) < 4.78 is 0. The minimum atomic E-state index is -0.154. The molecule has 0 aromatic heterocycles. The molecule has 1 heterocycles. The van der Waals surface area contributed by atoms with Gasteiger partial charge in [-0.1, -0.05) is 0 Å². The molecule has 4 heteroatoms. The van der Waals surface area contributed by atoms with Gasteiger partial charge in [-0.3, -0.25) is 4.79 Å². The highest BCUT2D eigenvalue weighted by atomic mass is 16.1. The van der Waals surface area contributed by atoms with E-state index in [-0.39, 0.29) is 5.91 Å². The van der Waals surface area contributed by atoms with E-state index in [4.69, 9.17) is 5.73 Å². The predicted octanol–water partition coefficient (Wildman–Crippen LogP) is -0.207. The molecule has 4 nitrogen and oxygen atoms in total. The van der Waals surface area contributed by atoms with Crippen molar-refractivity contribution in [3.63, 3.8) is 0 Å². The van der Waals surface area contributed by atoms with Crippen LogP contribution in [0.25, 0.3) is 0 Å². The summed E-state index contributed by atoms with van der Waals surface area (Å²) in [7, 11) is 1.97. The van der Waals surface area contributed by atoms with Crippen LogP contribution in [0, 0.1) is 5.92 Å². The van der Waals surface area contributed by atoms with Gasteiger partial charge in [-0.15, -0.1) is 0 Å². The normalized spacial score (nSPS) is 19.8. The number of nitrogens with two attached hydrogens (primary N) is 1. The van der Waals surface area contributed by atoms with Gasteiger partial charge >= 0.3 is 0 Å². The molecule has 1 aliphatic rings. The molecule has 0 aromatic carbocycles. The van der Waals surface area contributed by atoms with Gasteiger partial charge in [0.2, 0.25) is 5.91 Å². The number of carbonyl (C=O) groups is 1. The maximum absolute atomic E-state index is 10.7. The Morgan fingerprint density at radius 2 is 2.14 bits per heavy atom. The Morgan fingerprint density at radius 3 is 2.64 bits per heavy atom. The number of amides is 1. The molecule has 1 saturated heterocycles. The molecule has 0 spiro atoms. The maximum atomic E-state index is 10.7. The lowest BCUT2D eigenvalue weighted by atomic mass is 9.93. The van der Waals surface area contributed by atoms with Gasteiger partial charge in [0.25, 0.3) is 0 Å². The SMILES string of the molecule is CNCCN1CCC(CC(N)=O)CC1. The van der Waals surface area contributed by atoms with E-state index in [0.29, 0.717) is 12.3 Å². The van der Waals surface area contributed by atoms with Crippen molar-refractivity contribution in [3.8, 4) is 0 Å². The fourth-order valence-corrected chi connectivity index (χ4v) is 1.97. The summed E-state index contributed by atoms with van der Waals surface area (Å²) in [6.45, 7) is 4.37. The third kappa shape index (κ3) is 4.07. The Labute approximate surface area is 85.8 Å². The highest BCUT2D eigenvalue weighted by molar-refractivity contribution is 5.73. The molecule has 3 N–H and O–H groups in total. The van der Waals surface area contributed by atoms with Crippen LogP contribution in [0.1, 0.15) is 19.3 Å². The summed E-state index contributed by atoms with van der Waals surface area (Å²) in [6, 6.07) is 0. The van der Waals surface area contributed by atoms with Crippen molar-refractivity contribution in [3.05, 3.63) is 0 Å². The molecule has 1 rings (SSSR count). The van der Waals surface area contributed by atoms with Gasteiger partial charge in [-0.25, -0.2) is 0 Å². The molecular formula is C10H21N3O. The molecule has 0 bridgehead atoms. The number of hydrogen-bond donors (Lipinski definition) is 2. The number of hydrogen-bond acceptors (Lipinski definition) is 3. The van der Waals surface area contributed by atoms with E-state index >= 15 is 0 Å². The average molecular weight is 199 g/mol. The first-order valence-electron chi connectivity index (χ1n) is 5.37. The van der Waals surface area contributed by atoms with Gasteiger partial charge in [-0.2, -0.15) is 0 Å². The van der Waals surface area contributed by atoms with Crippen molar-refractivity contribution < 1.29 is 4.79 Å². The van der Waals surface area contributed by atoms with Crippen LogP contribution < -0.4 is 11.1 Å². The number of primary amides is 1. The molecule has 1 fully saturated rings. The first-order valence-corrected chi connectivity index (χ1v) is 5.37. The highest BCUT2D eigenvalue weighted by Gasteiger charge is 2.19. The third-order valence-corrected chi connectivity index (χ3v) is 2.88. The molecule has 0 aliphatic carbocycles. The number of piperidine rings is 1. The van der Waals surface area contributed by atoms with Crippen LogP contribution in [-0.2, 0) is 4.79 Å². The second-order valence-electron chi connectivity index (χ2n) is 4.06. The van der Waals surface area contributed by atoms with E-state index in [1.54, 1.807) is 0 Å². The van der Waals surface area contributed by atoms with E-state index in [9.17, 15) is 4.79 Å². The van der Waals surface area contributed by atoms with Gasteiger partial charge in [0, 0.05) is 19.5 Å². The number of nitrogens with one attached hydrogen (secondary N) is 1. The summed E-state index contributed by atoms with van der Waals surface area (Å²) in [5.41, 5.74) is 5.18. The highest BCUT2D eigenvalue weighted by Crippen LogP contribution is 2.19. The molecule has 82 valence electrons. The molecule has 1 amide bonds. The quantitative estimate of drug-likeness (QED) is 0.644. The summed E-state index contributed by atoms with van der Waals surface area (Å²) >= 11 is 0. The van der Waals surface area contributed by atoms with Gasteiger partial charge in [0.05, 0.1) is 0 Å². The van der Waals surface area contributed by atoms with Crippen molar-refractivity contribution >= 4 is 5.91 Å². The Bertz CT molecular complexity index is 176. The van der Waals surface area contributed by atoms with Crippen LogP contribution >= 0.6 is 0 Å². The van der Waals surface area contributed by atoms with Crippen molar-refractivity contribution in [2.24, 2.45) is 11.7 Å².